The fourth-order valence-electron chi connectivity index (χ4n) is 1.55. The topological polar surface area (TPSA) is 50.4 Å². The molecule has 0 fully saturated rings. The van der Waals surface area contributed by atoms with Crippen LogP contribution in [0.1, 0.15) is 31.6 Å². The Hall–Kier alpha value is -1.42. The van der Waals surface area contributed by atoms with E-state index in [1.807, 2.05) is 25.1 Å². The maximum Gasteiger partial charge on any atom is 0.0961 e. The van der Waals surface area contributed by atoms with Crippen molar-refractivity contribution in [1.82, 2.24) is 14.8 Å². The number of fused-ring (bicyclic) bond motifs is 1. The van der Waals surface area contributed by atoms with E-state index < -0.39 is 6.10 Å². The number of aliphatic hydroxyl groups is 1. The van der Waals surface area contributed by atoms with Gasteiger partial charge in [0.1, 0.15) is 0 Å². The predicted molar refractivity (Wildman–Crippen MR) is 52.9 cm³/mol. The van der Waals surface area contributed by atoms with Gasteiger partial charge in [-0.25, -0.2) is 4.52 Å². The van der Waals surface area contributed by atoms with Crippen LogP contribution in [0.15, 0.2) is 24.4 Å². The van der Waals surface area contributed by atoms with E-state index in [9.17, 15) is 5.11 Å². The molecule has 0 aliphatic rings. The van der Waals surface area contributed by atoms with Gasteiger partial charge in [-0.1, -0.05) is 24.6 Å². The Morgan fingerprint density at radius 1 is 1.50 bits per heavy atom. The van der Waals surface area contributed by atoms with Gasteiger partial charge in [-0.05, 0) is 18.6 Å². The molecule has 74 valence electrons. The van der Waals surface area contributed by atoms with Crippen molar-refractivity contribution >= 4 is 5.52 Å². The molecule has 4 heteroatoms. The minimum Gasteiger partial charge on any atom is -0.387 e. The maximum atomic E-state index is 9.85. The molecule has 0 aromatic carbocycles. The van der Waals surface area contributed by atoms with Gasteiger partial charge in [-0.3, -0.25) is 0 Å². The number of hydrogen-bond acceptors (Lipinski definition) is 3. The first kappa shape index (κ1) is 9.15. The smallest absolute Gasteiger partial charge is 0.0961 e. The van der Waals surface area contributed by atoms with Gasteiger partial charge in [0.15, 0.2) is 0 Å². The molecule has 0 aliphatic heterocycles. The molecule has 0 saturated carbocycles. The lowest BCUT2D eigenvalue weighted by molar-refractivity contribution is 0.159. The summed E-state index contributed by atoms with van der Waals surface area (Å²) in [4.78, 5) is 0. The molecule has 0 spiro atoms. The van der Waals surface area contributed by atoms with Gasteiger partial charge in [0.05, 0.1) is 23.5 Å². The summed E-state index contributed by atoms with van der Waals surface area (Å²) in [5, 5.41) is 17.6. The number of aromatic nitrogens is 3. The van der Waals surface area contributed by atoms with Gasteiger partial charge >= 0.3 is 0 Å². The second kappa shape index (κ2) is 3.75. The van der Waals surface area contributed by atoms with E-state index in [-0.39, 0.29) is 0 Å². The molecule has 2 heterocycles. The molecule has 0 aliphatic carbocycles. The van der Waals surface area contributed by atoms with E-state index in [1.54, 1.807) is 10.7 Å². The highest BCUT2D eigenvalue weighted by molar-refractivity contribution is 5.44. The molecule has 0 amide bonds. The number of aliphatic hydroxyl groups excluding tert-OH is 1. The van der Waals surface area contributed by atoms with Crippen molar-refractivity contribution in [3.63, 3.8) is 0 Å². The van der Waals surface area contributed by atoms with Crippen molar-refractivity contribution in [2.24, 2.45) is 0 Å². The highest BCUT2D eigenvalue weighted by Crippen LogP contribution is 2.18. The summed E-state index contributed by atoms with van der Waals surface area (Å²) in [5.74, 6) is 0. The lowest BCUT2D eigenvalue weighted by Gasteiger charge is -2.10. The molecule has 4 nitrogen and oxygen atoms in total. The zero-order valence-corrected chi connectivity index (χ0v) is 8.09. The molecule has 2 rings (SSSR count). The number of nitrogens with zero attached hydrogens (tertiary/aromatic N) is 3. The van der Waals surface area contributed by atoms with E-state index in [1.165, 1.54) is 0 Å². The minimum absolute atomic E-state index is 0.453. The second-order valence-electron chi connectivity index (χ2n) is 3.33. The number of rotatable bonds is 3. The van der Waals surface area contributed by atoms with Crippen molar-refractivity contribution in [2.45, 2.75) is 25.9 Å². The third kappa shape index (κ3) is 1.48. The first-order chi connectivity index (χ1) is 6.83. The first-order valence-corrected chi connectivity index (χ1v) is 4.80. The van der Waals surface area contributed by atoms with Crippen LogP contribution in [-0.4, -0.2) is 19.9 Å². The summed E-state index contributed by atoms with van der Waals surface area (Å²) in [6.07, 6.45) is 2.93. The van der Waals surface area contributed by atoms with Gasteiger partial charge in [0.2, 0.25) is 0 Å². The van der Waals surface area contributed by atoms with Crippen molar-refractivity contribution in [3.8, 4) is 0 Å². The standard InChI is InChI=1S/C10H13N3O/c1-2-4-10(14)9-6-3-5-8-7-11-12-13(8)9/h3,5-7,10,14H,2,4H2,1H3. The Balaban J connectivity index is 2.45. The lowest BCUT2D eigenvalue weighted by atomic mass is 10.1. The molecule has 14 heavy (non-hydrogen) atoms. The third-order valence-electron chi connectivity index (χ3n) is 2.26. The summed E-state index contributed by atoms with van der Waals surface area (Å²) < 4.78 is 1.68. The van der Waals surface area contributed by atoms with E-state index in [0.717, 1.165) is 24.1 Å². The predicted octanol–water partition coefficient (Wildman–Crippen LogP) is 1.56. The van der Waals surface area contributed by atoms with Crippen molar-refractivity contribution < 1.29 is 5.11 Å². The molecule has 1 atom stereocenters. The molecule has 2 aromatic heterocycles. The van der Waals surface area contributed by atoms with Gasteiger partial charge in [0.25, 0.3) is 0 Å². The molecule has 2 aromatic rings. The highest BCUT2D eigenvalue weighted by atomic mass is 16.3. The highest BCUT2D eigenvalue weighted by Gasteiger charge is 2.10. The van der Waals surface area contributed by atoms with Crippen molar-refractivity contribution in [3.05, 3.63) is 30.1 Å². The number of hydrogen-bond donors (Lipinski definition) is 1. The van der Waals surface area contributed by atoms with Crippen LogP contribution in [0.25, 0.3) is 5.52 Å². The third-order valence-corrected chi connectivity index (χ3v) is 2.26. The molecule has 1 N–H and O–H groups in total. The fraction of sp³-hybridized carbons (Fsp3) is 0.400. The van der Waals surface area contributed by atoms with E-state index in [2.05, 4.69) is 10.3 Å². The molecule has 1 unspecified atom stereocenters. The van der Waals surface area contributed by atoms with Crippen LogP contribution in [0.3, 0.4) is 0 Å². The Morgan fingerprint density at radius 3 is 3.14 bits per heavy atom. The van der Waals surface area contributed by atoms with Crippen LogP contribution < -0.4 is 0 Å². The first-order valence-electron chi connectivity index (χ1n) is 4.80. The molecule has 0 bridgehead atoms. The average molecular weight is 191 g/mol. The van der Waals surface area contributed by atoms with Crippen LogP contribution in [0.2, 0.25) is 0 Å². The largest absolute Gasteiger partial charge is 0.387 e. The van der Waals surface area contributed by atoms with E-state index in [0.29, 0.717) is 0 Å². The van der Waals surface area contributed by atoms with E-state index in [4.69, 9.17) is 0 Å². The normalized spacial score (nSPS) is 13.3. The van der Waals surface area contributed by atoms with E-state index >= 15 is 0 Å². The van der Waals surface area contributed by atoms with Gasteiger partial charge in [0, 0.05) is 0 Å². The Kier molecular flexibility index (Phi) is 2.45. The van der Waals surface area contributed by atoms with Crippen LogP contribution in [-0.2, 0) is 0 Å². The number of pyridine rings is 1. The summed E-state index contributed by atoms with van der Waals surface area (Å²) >= 11 is 0. The monoisotopic (exact) mass is 191 g/mol. The van der Waals surface area contributed by atoms with Gasteiger partial charge < -0.3 is 5.11 Å². The average Bonchev–Trinajstić information content (AvgIpc) is 2.65. The summed E-state index contributed by atoms with van der Waals surface area (Å²) in [7, 11) is 0. The van der Waals surface area contributed by atoms with Crippen LogP contribution >= 0.6 is 0 Å². The Morgan fingerprint density at radius 2 is 2.36 bits per heavy atom. The van der Waals surface area contributed by atoms with Gasteiger partial charge in [-0.2, -0.15) is 0 Å². The second-order valence-corrected chi connectivity index (χ2v) is 3.33. The summed E-state index contributed by atoms with van der Waals surface area (Å²) in [5.41, 5.74) is 1.72. The maximum absolute atomic E-state index is 9.85. The quantitative estimate of drug-likeness (QED) is 0.801. The molecule has 0 saturated heterocycles. The van der Waals surface area contributed by atoms with Crippen LogP contribution in [0.5, 0.6) is 0 Å². The molecular weight excluding hydrogens is 178 g/mol. The zero-order chi connectivity index (χ0) is 9.97. The fourth-order valence-corrected chi connectivity index (χ4v) is 1.55. The SMILES string of the molecule is CCCC(O)c1cccc2cnnn12. The minimum atomic E-state index is -0.453. The van der Waals surface area contributed by atoms with Crippen LogP contribution in [0.4, 0.5) is 0 Å². The summed E-state index contributed by atoms with van der Waals surface area (Å²) in [6.45, 7) is 2.05. The van der Waals surface area contributed by atoms with Gasteiger partial charge in [-0.15, -0.1) is 5.10 Å². The molecular formula is C10H13N3O. The summed E-state index contributed by atoms with van der Waals surface area (Å²) in [6, 6.07) is 5.71. The lowest BCUT2D eigenvalue weighted by Crippen LogP contribution is -2.05. The van der Waals surface area contributed by atoms with Crippen molar-refractivity contribution in [2.75, 3.05) is 0 Å². The zero-order valence-electron chi connectivity index (χ0n) is 8.09. The van der Waals surface area contributed by atoms with Crippen molar-refractivity contribution in [1.29, 1.82) is 0 Å². The Labute approximate surface area is 82.2 Å². The van der Waals surface area contributed by atoms with Crippen LogP contribution in [0, 0.1) is 0 Å². The molecule has 0 radical (unpaired) electrons. The Bertz CT molecular complexity index is 424.